The van der Waals surface area contributed by atoms with Crippen LogP contribution in [0.4, 0.5) is 5.69 Å². The first kappa shape index (κ1) is 16.2. The number of hydrogen-bond acceptors (Lipinski definition) is 4. The molecule has 1 aromatic carbocycles. The molecule has 0 radical (unpaired) electrons. The number of nitrogen functional groups attached to an aromatic ring is 1. The van der Waals surface area contributed by atoms with Crippen molar-refractivity contribution in [1.29, 1.82) is 0 Å². The fraction of sp³-hybridized carbons (Fsp3) is 0.412. The number of aliphatic hydroxyl groups is 1. The van der Waals surface area contributed by atoms with E-state index in [1.165, 1.54) is 10.7 Å². The van der Waals surface area contributed by atoms with Crippen LogP contribution < -0.4 is 11.3 Å². The van der Waals surface area contributed by atoms with E-state index in [2.05, 4.69) is 18.9 Å². The average molecular weight is 301 g/mol. The van der Waals surface area contributed by atoms with Crippen LogP contribution in [-0.4, -0.2) is 20.5 Å². The van der Waals surface area contributed by atoms with Gasteiger partial charge in [-0.3, -0.25) is 4.79 Å². The van der Waals surface area contributed by atoms with E-state index in [-0.39, 0.29) is 12.1 Å². The molecule has 0 atom stereocenters. The van der Waals surface area contributed by atoms with E-state index in [1.807, 2.05) is 24.3 Å². The van der Waals surface area contributed by atoms with Crippen molar-refractivity contribution in [2.24, 2.45) is 0 Å². The van der Waals surface area contributed by atoms with Crippen LogP contribution >= 0.6 is 0 Å². The van der Waals surface area contributed by atoms with E-state index >= 15 is 0 Å². The molecule has 0 saturated carbocycles. The van der Waals surface area contributed by atoms with Crippen molar-refractivity contribution in [3.8, 4) is 11.3 Å². The van der Waals surface area contributed by atoms with E-state index in [9.17, 15) is 9.90 Å². The Hall–Kier alpha value is -2.14. The Morgan fingerprint density at radius 3 is 2.55 bits per heavy atom. The molecule has 2 rings (SSSR count). The lowest BCUT2D eigenvalue weighted by Crippen LogP contribution is -2.34. The Morgan fingerprint density at radius 1 is 1.32 bits per heavy atom. The molecule has 5 nitrogen and oxygen atoms in total. The molecule has 0 bridgehead atoms. The number of hydrogen-bond donors (Lipinski definition) is 2. The maximum absolute atomic E-state index is 12.0. The van der Waals surface area contributed by atoms with Crippen LogP contribution in [0.2, 0.25) is 0 Å². The lowest BCUT2D eigenvalue weighted by Gasteiger charge is -2.19. The molecule has 0 aliphatic heterocycles. The summed E-state index contributed by atoms with van der Waals surface area (Å²) in [5.74, 6) is 0.312. The minimum absolute atomic E-state index is 0.114. The minimum atomic E-state index is -1.03. The van der Waals surface area contributed by atoms with Gasteiger partial charge in [-0.15, -0.1) is 0 Å². The Labute approximate surface area is 130 Å². The molecule has 0 fully saturated rings. The van der Waals surface area contributed by atoms with Crippen molar-refractivity contribution in [2.45, 2.75) is 45.8 Å². The number of nitrogens with zero attached hydrogens (tertiary/aromatic N) is 2. The molecule has 118 valence electrons. The lowest BCUT2D eigenvalue weighted by atomic mass is 9.95. The summed E-state index contributed by atoms with van der Waals surface area (Å²) < 4.78 is 1.27. The van der Waals surface area contributed by atoms with Crippen LogP contribution in [0, 0.1) is 0 Å². The standard InChI is InChI=1S/C17H23N3O2/c1-11(2)12-7-5-6-8-13(12)16-14(18)9-15(21)20(19-16)10-17(3,4)22/h5-9,11,22H,10,18H2,1-4H3. The van der Waals surface area contributed by atoms with Crippen molar-refractivity contribution in [3.63, 3.8) is 0 Å². The Balaban J connectivity index is 2.62. The van der Waals surface area contributed by atoms with E-state index < -0.39 is 5.60 Å². The number of benzene rings is 1. The molecule has 1 aromatic heterocycles. The smallest absolute Gasteiger partial charge is 0.268 e. The van der Waals surface area contributed by atoms with Gasteiger partial charge < -0.3 is 10.8 Å². The first-order valence-electron chi connectivity index (χ1n) is 7.38. The van der Waals surface area contributed by atoms with Crippen LogP contribution in [0.1, 0.15) is 39.2 Å². The van der Waals surface area contributed by atoms with Crippen molar-refractivity contribution >= 4 is 5.69 Å². The second kappa shape index (κ2) is 5.93. The average Bonchev–Trinajstić information content (AvgIpc) is 2.40. The number of anilines is 1. The van der Waals surface area contributed by atoms with Gasteiger partial charge in [0.25, 0.3) is 5.56 Å². The van der Waals surface area contributed by atoms with Crippen molar-refractivity contribution in [2.75, 3.05) is 5.73 Å². The van der Waals surface area contributed by atoms with Crippen LogP contribution in [0.3, 0.4) is 0 Å². The molecule has 3 N–H and O–H groups in total. The van der Waals surface area contributed by atoms with Gasteiger partial charge >= 0.3 is 0 Å². The van der Waals surface area contributed by atoms with Gasteiger partial charge in [0.15, 0.2) is 0 Å². The lowest BCUT2D eigenvalue weighted by molar-refractivity contribution is 0.0562. The molecule has 22 heavy (non-hydrogen) atoms. The summed E-state index contributed by atoms with van der Waals surface area (Å²) in [4.78, 5) is 12.0. The van der Waals surface area contributed by atoms with Crippen molar-refractivity contribution in [1.82, 2.24) is 9.78 Å². The zero-order chi connectivity index (χ0) is 16.5. The fourth-order valence-electron chi connectivity index (χ4n) is 2.41. The van der Waals surface area contributed by atoms with Crippen LogP contribution in [-0.2, 0) is 6.54 Å². The van der Waals surface area contributed by atoms with E-state index in [4.69, 9.17) is 5.73 Å². The second-order valence-electron chi connectivity index (χ2n) is 6.50. The van der Waals surface area contributed by atoms with Gasteiger partial charge in [-0.05, 0) is 25.3 Å². The number of aromatic nitrogens is 2. The summed E-state index contributed by atoms with van der Waals surface area (Å²) in [7, 11) is 0. The van der Waals surface area contributed by atoms with Gasteiger partial charge in [0.2, 0.25) is 0 Å². The summed E-state index contributed by atoms with van der Waals surface area (Å²) in [5, 5.41) is 14.3. The van der Waals surface area contributed by atoms with Crippen molar-refractivity contribution in [3.05, 3.63) is 46.2 Å². The monoisotopic (exact) mass is 301 g/mol. The van der Waals surface area contributed by atoms with Gasteiger partial charge in [-0.2, -0.15) is 5.10 Å². The second-order valence-corrected chi connectivity index (χ2v) is 6.50. The molecular weight excluding hydrogens is 278 g/mol. The normalized spacial score (nSPS) is 11.9. The molecular formula is C17H23N3O2. The quantitative estimate of drug-likeness (QED) is 0.908. The Morgan fingerprint density at radius 2 is 1.95 bits per heavy atom. The highest BCUT2D eigenvalue weighted by Gasteiger charge is 2.18. The Bertz CT molecular complexity index is 727. The van der Waals surface area contributed by atoms with E-state index in [0.717, 1.165) is 11.1 Å². The summed E-state index contributed by atoms with van der Waals surface area (Å²) in [6.07, 6.45) is 0. The molecule has 2 aromatic rings. The Kier molecular flexibility index (Phi) is 4.37. The summed E-state index contributed by atoms with van der Waals surface area (Å²) in [6.45, 7) is 7.59. The molecule has 0 spiro atoms. The van der Waals surface area contributed by atoms with Gasteiger partial charge in [-0.1, -0.05) is 38.1 Å². The molecule has 0 amide bonds. The molecule has 0 saturated heterocycles. The number of rotatable bonds is 4. The maximum Gasteiger partial charge on any atom is 0.268 e. The van der Waals surface area contributed by atoms with Crippen molar-refractivity contribution < 1.29 is 5.11 Å². The number of nitrogens with two attached hydrogens (primary N) is 1. The van der Waals surface area contributed by atoms with Crippen LogP contribution in [0.25, 0.3) is 11.3 Å². The topological polar surface area (TPSA) is 81.1 Å². The molecule has 0 aliphatic rings. The highest BCUT2D eigenvalue weighted by Crippen LogP contribution is 2.30. The molecule has 0 unspecified atom stereocenters. The highest BCUT2D eigenvalue weighted by molar-refractivity contribution is 5.74. The predicted molar refractivity (Wildman–Crippen MR) is 88.7 cm³/mol. The zero-order valence-corrected chi connectivity index (χ0v) is 13.5. The third kappa shape index (κ3) is 3.54. The predicted octanol–water partition coefficient (Wildman–Crippen LogP) is 2.39. The largest absolute Gasteiger partial charge is 0.397 e. The molecule has 5 heteroatoms. The molecule has 1 heterocycles. The summed E-state index contributed by atoms with van der Waals surface area (Å²) in [6, 6.07) is 9.25. The van der Waals surface area contributed by atoms with E-state index in [0.29, 0.717) is 17.3 Å². The summed E-state index contributed by atoms with van der Waals surface area (Å²) in [5.41, 5.74) is 7.64. The van der Waals surface area contributed by atoms with Gasteiger partial charge in [0.1, 0.15) is 5.69 Å². The first-order chi connectivity index (χ1) is 10.2. The van der Waals surface area contributed by atoms with Gasteiger partial charge in [-0.25, -0.2) is 4.68 Å². The van der Waals surface area contributed by atoms with Crippen LogP contribution in [0.15, 0.2) is 35.1 Å². The fourth-order valence-corrected chi connectivity index (χ4v) is 2.41. The van der Waals surface area contributed by atoms with Gasteiger partial charge in [0, 0.05) is 11.6 Å². The third-order valence-corrected chi connectivity index (χ3v) is 3.40. The minimum Gasteiger partial charge on any atom is -0.397 e. The SMILES string of the molecule is CC(C)c1ccccc1-c1nn(CC(C)(C)O)c(=O)cc1N. The first-order valence-corrected chi connectivity index (χ1v) is 7.38. The van der Waals surface area contributed by atoms with Gasteiger partial charge in [0.05, 0.1) is 17.8 Å². The summed E-state index contributed by atoms with van der Waals surface area (Å²) >= 11 is 0. The highest BCUT2D eigenvalue weighted by atomic mass is 16.3. The van der Waals surface area contributed by atoms with Crippen LogP contribution in [0.5, 0.6) is 0 Å². The maximum atomic E-state index is 12.0. The zero-order valence-electron chi connectivity index (χ0n) is 13.5. The molecule has 0 aliphatic carbocycles. The van der Waals surface area contributed by atoms with E-state index in [1.54, 1.807) is 13.8 Å². The third-order valence-electron chi connectivity index (χ3n) is 3.40.